The topological polar surface area (TPSA) is 21.3 Å². The van der Waals surface area contributed by atoms with E-state index in [9.17, 15) is 0 Å². The van der Waals surface area contributed by atoms with E-state index < -0.39 is 0 Å². The van der Waals surface area contributed by atoms with Gasteiger partial charge in [-0.05, 0) is 17.7 Å². The molecule has 0 unspecified atom stereocenters. The van der Waals surface area contributed by atoms with E-state index in [0.29, 0.717) is 12.6 Å². The van der Waals surface area contributed by atoms with Crippen molar-refractivity contribution in [2.45, 2.75) is 19.9 Å². The van der Waals surface area contributed by atoms with E-state index in [-0.39, 0.29) is 0 Å². The minimum Gasteiger partial charge on any atom is -0.490 e. The van der Waals surface area contributed by atoms with Crippen LogP contribution in [-0.4, -0.2) is 19.2 Å². The number of hydrogen-bond donors (Lipinski definition) is 1. The molecule has 92 valence electrons. The minimum absolute atomic E-state index is 0.523. The molecule has 0 bridgehead atoms. The van der Waals surface area contributed by atoms with Gasteiger partial charge in [-0.25, -0.2) is 0 Å². The van der Waals surface area contributed by atoms with Crippen molar-refractivity contribution >= 4 is 6.08 Å². The lowest BCUT2D eigenvalue weighted by Gasteiger charge is -2.04. The lowest BCUT2D eigenvalue weighted by Crippen LogP contribution is -2.22. The number of nitrogens with one attached hydrogen (secondary N) is 1. The van der Waals surface area contributed by atoms with E-state index >= 15 is 0 Å². The van der Waals surface area contributed by atoms with Crippen LogP contribution in [-0.2, 0) is 0 Å². The predicted octanol–water partition coefficient (Wildman–Crippen LogP) is 3.26. The van der Waals surface area contributed by atoms with Crippen molar-refractivity contribution in [1.29, 1.82) is 0 Å². The van der Waals surface area contributed by atoms with Crippen LogP contribution in [0.3, 0.4) is 0 Å². The van der Waals surface area contributed by atoms with Crippen LogP contribution in [0, 0.1) is 0 Å². The van der Waals surface area contributed by atoms with Crippen LogP contribution in [0.4, 0.5) is 0 Å². The van der Waals surface area contributed by atoms with Gasteiger partial charge < -0.3 is 10.1 Å². The highest BCUT2D eigenvalue weighted by molar-refractivity contribution is 5.50. The fourth-order valence-electron chi connectivity index (χ4n) is 1.33. The SMILES string of the molecule is C=CCOc1ccc(C=CCNC(C)C)cc1. The number of hydrogen-bond acceptors (Lipinski definition) is 2. The van der Waals surface area contributed by atoms with Gasteiger partial charge in [-0.3, -0.25) is 0 Å². The van der Waals surface area contributed by atoms with Crippen molar-refractivity contribution in [3.63, 3.8) is 0 Å². The minimum atomic E-state index is 0.523. The summed E-state index contributed by atoms with van der Waals surface area (Å²) in [5, 5.41) is 3.33. The molecule has 0 atom stereocenters. The summed E-state index contributed by atoms with van der Waals surface area (Å²) in [6.07, 6.45) is 5.97. The molecule has 2 nitrogen and oxygen atoms in total. The zero-order chi connectivity index (χ0) is 12.5. The monoisotopic (exact) mass is 231 g/mol. The molecule has 0 fully saturated rings. The fourth-order valence-corrected chi connectivity index (χ4v) is 1.33. The maximum atomic E-state index is 5.41. The first-order valence-corrected chi connectivity index (χ1v) is 5.96. The standard InChI is InChI=1S/C15H21NO/c1-4-12-17-15-9-7-14(8-10-15)6-5-11-16-13(2)3/h4-10,13,16H,1,11-12H2,2-3H3. The molecule has 0 aromatic heterocycles. The van der Waals surface area contributed by atoms with Gasteiger partial charge in [0.25, 0.3) is 0 Å². The molecule has 0 aliphatic rings. The maximum absolute atomic E-state index is 5.41. The molecule has 0 aliphatic heterocycles. The zero-order valence-electron chi connectivity index (χ0n) is 10.6. The van der Waals surface area contributed by atoms with Crippen molar-refractivity contribution in [3.8, 4) is 5.75 Å². The Morgan fingerprint density at radius 3 is 2.59 bits per heavy atom. The average molecular weight is 231 g/mol. The van der Waals surface area contributed by atoms with Gasteiger partial charge in [0.2, 0.25) is 0 Å². The van der Waals surface area contributed by atoms with Crippen LogP contribution >= 0.6 is 0 Å². The van der Waals surface area contributed by atoms with E-state index in [4.69, 9.17) is 4.74 Å². The van der Waals surface area contributed by atoms with Crippen molar-refractivity contribution in [2.24, 2.45) is 0 Å². The highest BCUT2D eigenvalue weighted by Crippen LogP contribution is 2.12. The van der Waals surface area contributed by atoms with Crippen LogP contribution in [0.25, 0.3) is 6.08 Å². The molecule has 0 saturated heterocycles. The van der Waals surface area contributed by atoms with Crippen LogP contribution in [0.15, 0.2) is 43.0 Å². The first-order valence-electron chi connectivity index (χ1n) is 5.96. The molecule has 0 radical (unpaired) electrons. The molecule has 1 N–H and O–H groups in total. The van der Waals surface area contributed by atoms with Gasteiger partial charge in [-0.1, -0.05) is 50.8 Å². The largest absolute Gasteiger partial charge is 0.490 e. The van der Waals surface area contributed by atoms with Gasteiger partial charge >= 0.3 is 0 Å². The van der Waals surface area contributed by atoms with Crippen molar-refractivity contribution in [1.82, 2.24) is 5.32 Å². The van der Waals surface area contributed by atoms with Gasteiger partial charge in [0.1, 0.15) is 12.4 Å². The van der Waals surface area contributed by atoms with E-state index in [1.165, 1.54) is 5.56 Å². The smallest absolute Gasteiger partial charge is 0.119 e. The van der Waals surface area contributed by atoms with Crippen molar-refractivity contribution < 1.29 is 4.74 Å². The Labute approximate surface area is 104 Å². The van der Waals surface area contributed by atoms with E-state index in [1.807, 2.05) is 24.3 Å². The Kier molecular flexibility index (Phi) is 6.12. The first kappa shape index (κ1) is 13.5. The second-order valence-corrected chi connectivity index (χ2v) is 4.13. The summed E-state index contributed by atoms with van der Waals surface area (Å²) in [6, 6.07) is 8.56. The van der Waals surface area contributed by atoms with Crippen LogP contribution in [0.5, 0.6) is 5.75 Å². The molecule has 1 rings (SSSR count). The Hall–Kier alpha value is -1.54. The van der Waals surface area contributed by atoms with E-state index in [2.05, 4.69) is 37.9 Å². The molecule has 17 heavy (non-hydrogen) atoms. The molecule has 2 heteroatoms. The molecule has 0 spiro atoms. The third-order valence-electron chi connectivity index (χ3n) is 2.20. The predicted molar refractivity (Wildman–Crippen MR) is 74.3 cm³/mol. The van der Waals surface area contributed by atoms with Crippen LogP contribution in [0.2, 0.25) is 0 Å². The fraction of sp³-hybridized carbons (Fsp3) is 0.333. The lowest BCUT2D eigenvalue weighted by atomic mass is 10.2. The number of rotatable bonds is 7. The summed E-state index contributed by atoms with van der Waals surface area (Å²) in [5.41, 5.74) is 1.18. The third kappa shape index (κ3) is 5.93. The molecule has 0 amide bonds. The number of ether oxygens (including phenoxy) is 1. The molecular formula is C15H21NO. The Morgan fingerprint density at radius 2 is 2.00 bits per heavy atom. The summed E-state index contributed by atoms with van der Waals surface area (Å²) in [4.78, 5) is 0. The second kappa shape index (κ2) is 7.69. The summed E-state index contributed by atoms with van der Waals surface area (Å²) < 4.78 is 5.41. The highest BCUT2D eigenvalue weighted by Gasteiger charge is 1.92. The average Bonchev–Trinajstić information content (AvgIpc) is 2.33. The van der Waals surface area contributed by atoms with Gasteiger partial charge in [0.05, 0.1) is 0 Å². The summed E-state index contributed by atoms with van der Waals surface area (Å²) in [7, 11) is 0. The van der Waals surface area contributed by atoms with Gasteiger partial charge in [-0.2, -0.15) is 0 Å². The van der Waals surface area contributed by atoms with Crippen LogP contribution < -0.4 is 10.1 Å². The molecule has 0 aliphatic carbocycles. The summed E-state index contributed by atoms with van der Waals surface area (Å²) in [5.74, 6) is 0.877. The highest BCUT2D eigenvalue weighted by atomic mass is 16.5. The second-order valence-electron chi connectivity index (χ2n) is 4.13. The number of benzene rings is 1. The molecule has 1 aromatic carbocycles. The van der Waals surface area contributed by atoms with Crippen molar-refractivity contribution in [2.75, 3.05) is 13.2 Å². The summed E-state index contributed by atoms with van der Waals surface area (Å²) >= 11 is 0. The van der Waals surface area contributed by atoms with E-state index in [0.717, 1.165) is 12.3 Å². The molecular weight excluding hydrogens is 210 g/mol. The van der Waals surface area contributed by atoms with E-state index in [1.54, 1.807) is 6.08 Å². The van der Waals surface area contributed by atoms with Gasteiger partial charge in [-0.15, -0.1) is 0 Å². The zero-order valence-corrected chi connectivity index (χ0v) is 10.6. The third-order valence-corrected chi connectivity index (χ3v) is 2.20. The van der Waals surface area contributed by atoms with Gasteiger partial charge in [0.15, 0.2) is 0 Å². The maximum Gasteiger partial charge on any atom is 0.119 e. The first-order chi connectivity index (χ1) is 8.22. The Morgan fingerprint density at radius 1 is 1.29 bits per heavy atom. The van der Waals surface area contributed by atoms with Crippen molar-refractivity contribution in [3.05, 3.63) is 48.6 Å². The summed E-state index contributed by atoms with van der Waals surface area (Å²) in [6.45, 7) is 9.34. The molecule has 0 heterocycles. The normalized spacial score (nSPS) is 11.0. The Balaban J connectivity index is 2.41. The molecule has 1 aromatic rings. The quantitative estimate of drug-likeness (QED) is 0.727. The van der Waals surface area contributed by atoms with Crippen LogP contribution in [0.1, 0.15) is 19.4 Å². The Bertz CT molecular complexity index is 352. The van der Waals surface area contributed by atoms with Gasteiger partial charge in [0, 0.05) is 12.6 Å². The molecule has 0 saturated carbocycles. The lowest BCUT2D eigenvalue weighted by molar-refractivity contribution is 0.363.